The Labute approximate surface area is 142 Å². The smallest absolute Gasteiger partial charge is 0.334 e. The molecule has 1 aromatic rings. The van der Waals surface area contributed by atoms with Crippen molar-refractivity contribution in [1.82, 2.24) is 10.3 Å². The molecule has 0 bridgehead atoms. The van der Waals surface area contributed by atoms with Crippen LogP contribution in [0.2, 0.25) is 0 Å². The highest BCUT2D eigenvalue weighted by molar-refractivity contribution is 8.76. The van der Waals surface area contributed by atoms with E-state index in [1.54, 1.807) is 27.8 Å². The fourth-order valence-electron chi connectivity index (χ4n) is 1.27. The minimum Gasteiger partial charge on any atom is -0.461 e. The van der Waals surface area contributed by atoms with Crippen molar-refractivity contribution in [2.45, 2.75) is 18.1 Å². The number of rotatable bonds is 11. The molecule has 9 heteroatoms. The van der Waals surface area contributed by atoms with Crippen LogP contribution in [0.1, 0.15) is 6.92 Å². The maximum atomic E-state index is 11.5. The lowest BCUT2D eigenvalue weighted by Crippen LogP contribution is -2.30. The predicted octanol–water partition coefficient (Wildman–Crippen LogP) is 0.879. The third-order valence-corrected chi connectivity index (χ3v) is 4.60. The van der Waals surface area contributed by atoms with Crippen LogP contribution in [0.15, 0.2) is 29.4 Å². The summed E-state index contributed by atoms with van der Waals surface area (Å²) < 4.78 is 9.74. The lowest BCUT2D eigenvalue weighted by molar-refractivity contribution is -0.154. The van der Waals surface area contributed by atoms with Gasteiger partial charge in [0.25, 0.3) is 0 Å². The number of carbonyl (C=O) groups excluding carboxylic acids is 2. The van der Waals surface area contributed by atoms with Gasteiger partial charge in [0.1, 0.15) is 24.3 Å². The van der Waals surface area contributed by atoms with Crippen molar-refractivity contribution in [1.29, 1.82) is 0 Å². The van der Waals surface area contributed by atoms with Crippen LogP contribution >= 0.6 is 21.6 Å². The number of aliphatic hydroxyl groups excluding tert-OH is 1. The van der Waals surface area contributed by atoms with Crippen LogP contribution in [0.4, 0.5) is 0 Å². The van der Waals surface area contributed by atoms with E-state index in [0.717, 1.165) is 10.8 Å². The zero-order chi connectivity index (χ0) is 16.9. The molecule has 0 saturated carbocycles. The van der Waals surface area contributed by atoms with Gasteiger partial charge in [-0.25, -0.2) is 9.78 Å². The number of nitrogens with one attached hydrogen (secondary N) is 1. The quantitative estimate of drug-likeness (QED) is 0.341. The predicted molar refractivity (Wildman–Crippen MR) is 89.0 cm³/mol. The molecule has 1 atom stereocenters. The van der Waals surface area contributed by atoms with Crippen molar-refractivity contribution in [2.24, 2.45) is 0 Å². The molecular weight excluding hydrogens is 340 g/mol. The number of carbonyl (C=O) groups is 2. The molecule has 0 radical (unpaired) electrons. The van der Waals surface area contributed by atoms with Crippen LogP contribution in [0.5, 0.6) is 0 Å². The van der Waals surface area contributed by atoms with E-state index in [1.165, 1.54) is 6.92 Å². The molecule has 23 heavy (non-hydrogen) atoms. The second-order valence-corrected chi connectivity index (χ2v) is 6.76. The Bertz CT molecular complexity index is 473. The first-order valence-electron chi connectivity index (χ1n) is 6.99. The van der Waals surface area contributed by atoms with Gasteiger partial charge in [-0.1, -0.05) is 16.9 Å². The molecule has 1 amide bonds. The van der Waals surface area contributed by atoms with E-state index in [2.05, 4.69) is 15.0 Å². The molecule has 0 aliphatic carbocycles. The third-order valence-electron chi connectivity index (χ3n) is 2.34. The Morgan fingerprint density at radius 3 is 2.91 bits per heavy atom. The topological polar surface area (TPSA) is 97.8 Å². The normalized spacial score (nSPS) is 11.7. The number of aromatic nitrogens is 1. The van der Waals surface area contributed by atoms with Gasteiger partial charge in [-0.05, 0) is 29.9 Å². The van der Waals surface area contributed by atoms with Gasteiger partial charge in [0, 0.05) is 18.5 Å². The van der Waals surface area contributed by atoms with E-state index in [0.29, 0.717) is 6.54 Å². The minimum absolute atomic E-state index is 0.00752. The molecule has 7 nitrogen and oxygen atoms in total. The maximum absolute atomic E-state index is 11.5. The molecule has 2 N–H and O–H groups in total. The molecule has 0 saturated heterocycles. The highest BCUT2D eigenvalue weighted by atomic mass is 33.1. The monoisotopic (exact) mass is 360 g/mol. The number of hydrogen-bond donors (Lipinski definition) is 2. The molecule has 1 aromatic heterocycles. The summed E-state index contributed by atoms with van der Waals surface area (Å²) in [6, 6.07) is 5.71. The van der Waals surface area contributed by atoms with Crippen LogP contribution in [0.25, 0.3) is 0 Å². The summed E-state index contributed by atoms with van der Waals surface area (Å²) in [5.74, 6) is -0.185. The molecule has 1 unspecified atom stereocenters. The number of nitrogens with zero attached hydrogens (tertiary/aromatic N) is 1. The van der Waals surface area contributed by atoms with Gasteiger partial charge < -0.3 is 19.9 Å². The van der Waals surface area contributed by atoms with E-state index in [9.17, 15) is 9.59 Å². The summed E-state index contributed by atoms with van der Waals surface area (Å²) in [5.41, 5.74) is 0. The second kappa shape index (κ2) is 12.2. The average molecular weight is 360 g/mol. The second-order valence-electron chi connectivity index (χ2n) is 4.32. The number of amides is 1. The summed E-state index contributed by atoms with van der Waals surface area (Å²) in [5, 5.41) is 12.5. The molecule has 0 spiro atoms. The van der Waals surface area contributed by atoms with Gasteiger partial charge in [-0.2, -0.15) is 0 Å². The van der Waals surface area contributed by atoms with Gasteiger partial charge >= 0.3 is 5.97 Å². The zero-order valence-electron chi connectivity index (χ0n) is 12.8. The number of aliphatic hydroxyl groups is 1. The SMILES string of the molecule is CC(O)C(=O)OCCOCC(=O)NCCSSc1ccccn1. The highest BCUT2D eigenvalue weighted by Crippen LogP contribution is 2.28. The van der Waals surface area contributed by atoms with E-state index in [-0.39, 0.29) is 25.7 Å². The maximum Gasteiger partial charge on any atom is 0.334 e. The number of hydrogen-bond acceptors (Lipinski definition) is 8. The number of esters is 1. The van der Waals surface area contributed by atoms with Crippen molar-refractivity contribution in [3.05, 3.63) is 24.4 Å². The Hall–Kier alpha value is -1.29. The zero-order valence-corrected chi connectivity index (χ0v) is 14.4. The lowest BCUT2D eigenvalue weighted by atomic mass is 10.4. The van der Waals surface area contributed by atoms with Crippen LogP contribution in [0, 0.1) is 0 Å². The van der Waals surface area contributed by atoms with Gasteiger partial charge in [0.05, 0.1) is 6.61 Å². The van der Waals surface area contributed by atoms with Gasteiger partial charge in [-0.15, -0.1) is 0 Å². The average Bonchev–Trinajstić information content (AvgIpc) is 2.54. The first kappa shape index (κ1) is 19.8. The van der Waals surface area contributed by atoms with E-state index in [1.807, 2.05) is 18.2 Å². The minimum atomic E-state index is -1.15. The van der Waals surface area contributed by atoms with E-state index >= 15 is 0 Å². The van der Waals surface area contributed by atoms with Crippen molar-refractivity contribution < 1.29 is 24.2 Å². The van der Waals surface area contributed by atoms with Gasteiger partial charge in [0.2, 0.25) is 5.91 Å². The summed E-state index contributed by atoms with van der Waals surface area (Å²) in [7, 11) is 3.16. The largest absolute Gasteiger partial charge is 0.461 e. The number of ether oxygens (including phenoxy) is 2. The summed E-state index contributed by atoms with van der Waals surface area (Å²) in [6.45, 7) is 1.87. The van der Waals surface area contributed by atoms with Crippen molar-refractivity contribution in [2.75, 3.05) is 32.1 Å². The molecule has 0 aliphatic heterocycles. The fourth-order valence-corrected chi connectivity index (χ4v) is 3.05. The molecular formula is C14H20N2O5S2. The molecule has 0 fully saturated rings. The Morgan fingerprint density at radius 2 is 2.22 bits per heavy atom. The van der Waals surface area contributed by atoms with E-state index < -0.39 is 12.1 Å². The lowest BCUT2D eigenvalue weighted by Gasteiger charge is -2.08. The summed E-state index contributed by atoms with van der Waals surface area (Å²) in [6.07, 6.45) is 0.584. The molecule has 1 heterocycles. The standard InChI is InChI=1S/C14H20N2O5S2/c1-11(17)14(19)21-8-7-20-10-12(18)15-6-9-22-23-13-4-2-3-5-16-13/h2-5,11,17H,6-10H2,1H3,(H,15,18). The third kappa shape index (κ3) is 10.2. The van der Waals surface area contributed by atoms with Crippen molar-refractivity contribution >= 4 is 33.5 Å². The first-order chi connectivity index (χ1) is 11.1. The van der Waals surface area contributed by atoms with Crippen LogP contribution in [-0.4, -0.2) is 60.2 Å². The Morgan fingerprint density at radius 1 is 1.39 bits per heavy atom. The van der Waals surface area contributed by atoms with Gasteiger partial charge in [0.15, 0.2) is 0 Å². The first-order valence-corrected chi connectivity index (χ1v) is 9.31. The Balaban J connectivity index is 1.93. The molecule has 128 valence electrons. The number of pyridine rings is 1. The van der Waals surface area contributed by atoms with Crippen LogP contribution in [0.3, 0.4) is 0 Å². The van der Waals surface area contributed by atoms with Crippen molar-refractivity contribution in [3.8, 4) is 0 Å². The fraction of sp³-hybridized carbons (Fsp3) is 0.500. The van der Waals surface area contributed by atoms with E-state index in [4.69, 9.17) is 9.84 Å². The van der Waals surface area contributed by atoms with Crippen LogP contribution < -0.4 is 5.32 Å². The molecule has 1 rings (SSSR count). The highest BCUT2D eigenvalue weighted by Gasteiger charge is 2.09. The van der Waals surface area contributed by atoms with Crippen LogP contribution in [-0.2, 0) is 19.1 Å². The Kier molecular flexibility index (Phi) is 10.5. The summed E-state index contributed by atoms with van der Waals surface area (Å²) >= 11 is 0. The molecule has 0 aromatic carbocycles. The van der Waals surface area contributed by atoms with Gasteiger partial charge in [-0.3, -0.25) is 4.79 Å². The molecule has 0 aliphatic rings. The van der Waals surface area contributed by atoms with Crippen molar-refractivity contribution in [3.63, 3.8) is 0 Å². The summed E-state index contributed by atoms with van der Waals surface area (Å²) in [4.78, 5) is 26.6.